The molecule has 1 aliphatic heterocycles. The van der Waals surface area contributed by atoms with Crippen LogP contribution in [-0.2, 0) is 9.53 Å². The van der Waals surface area contributed by atoms with E-state index in [1.165, 1.54) is 0 Å². The van der Waals surface area contributed by atoms with Crippen molar-refractivity contribution in [3.63, 3.8) is 0 Å². The number of esters is 1. The molecule has 1 aliphatic rings. The first-order valence-electron chi connectivity index (χ1n) is 6.98. The lowest BCUT2D eigenvalue weighted by Gasteiger charge is -2.20. The molecule has 2 N–H and O–H groups in total. The molecular weight excluding hydrogens is 270 g/mol. The van der Waals surface area contributed by atoms with Gasteiger partial charge in [0.2, 0.25) is 0 Å². The maximum Gasteiger partial charge on any atom is 0.340 e. The van der Waals surface area contributed by atoms with Crippen molar-refractivity contribution in [2.75, 3.05) is 18.6 Å². The summed E-state index contributed by atoms with van der Waals surface area (Å²) in [7, 11) is 0. The fourth-order valence-corrected chi connectivity index (χ4v) is 2.06. The Morgan fingerprint density at radius 3 is 3.00 bits per heavy atom. The summed E-state index contributed by atoms with van der Waals surface area (Å²) >= 11 is 0. The summed E-state index contributed by atoms with van der Waals surface area (Å²) in [5, 5.41) is 6.91. The van der Waals surface area contributed by atoms with Crippen molar-refractivity contribution in [1.29, 1.82) is 0 Å². The van der Waals surface area contributed by atoms with Crippen molar-refractivity contribution in [2.24, 2.45) is 11.0 Å². The summed E-state index contributed by atoms with van der Waals surface area (Å²) in [6.07, 6.45) is 0.612. The zero-order chi connectivity index (χ0) is 15.2. The van der Waals surface area contributed by atoms with E-state index in [0.29, 0.717) is 42.5 Å². The van der Waals surface area contributed by atoms with Crippen molar-refractivity contribution in [3.05, 3.63) is 29.8 Å². The number of anilines is 1. The largest absolute Gasteiger partial charge is 0.462 e. The normalized spacial score (nSPS) is 20.0. The number of nitrogens with one attached hydrogen (secondary N) is 2. The van der Waals surface area contributed by atoms with Crippen LogP contribution in [0.1, 0.15) is 30.6 Å². The molecule has 21 heavy (non-hydrogen) atoms. The van der Waals surface area contributed by atoms with E-state index in [0.717, 1.165) is 0 Å². The van der Waals surface area contributed by atoms with Gasteiger partial charge in [-0.3, -0.25) is 10.2 Å². The van der Waals surface area contributed by atoms with Crippen LogP contribution < -0.4 is 10.7 Å². The van der Waals surface area contributed by atoms with Crippen LogP contribution in [0.25, 0.3) is 0 Å². The SMILES string of the molecule is CCOC(=O)c1ccccc1N/N=C1/CC(C)CNC1=O. The number of piperidine rings is 1. The highest BCUT2D eigenvalue weighted by Crippen LogP contribution is 2.17. The zero-order valence-electron chi connectivity index (χ0n) is 12.2. The number of hydrogen-bond donors (Lipinski definition) is 2. The number of hydrazone groups is 1. The van der Waals surface area contributed by atoms with Crippen molar-refractivity contribution >= 4 is 23.3 Å². The van der Waals surface area contributed by atoms with Crippen LogP contribution in [0.4, 0.5) is 5.69 Å². The van der Waals surface area contributed by atoms with E-state index in [2.05, 4.69) is 15.8 Å². The lowest BCUT2D eigenvalue weighted by Crippen LogP contribution is -2.41. The third-order valence-corrected chi connectivity index (χ3v) is 3.15. The maximum atomic E-state index is 11.8. The number of amides is 1. The van der Waals surface area contributed by atoms with Crippen LogP contribution in [0, 0.1) is 5.92 Å². The van der Waals surface area contributed by atoms with E-state index in [1.807, 2.05) is 6.92 Å². The molecule has 0 saturated carbocycles. The molecule has 0 aliphatic carbocycles. The van der Waals surface area contributed by atoms with Gasteiger partial charge in [0.05, 0.1) is 17.9 Å². The van der Waals surface area contributed by atoms with Gasteiger partial charge in [-0.15, -0.1) is 0 Å². The third-order valence-electron chi connectivity index (χ3n) is 3.15. The first-order chi connectivity index (χ1) is 10.1. The minimum Gasteiger partial charge on any atom is -0.462 e. The minimum atomic E-state index is -0.415. The average Bonchev–Trinajstić information content (AvgIpc) is 2.49. The summed E-state index contributed by atoms with van der Waals surface area (Å²) in [4.78, 5) is 23.6. The molecule has 1 amide bonds. The molecule has 6 nitrogen and oxygen atoms in total. The zero-order valence-corrected chi connectivity index (χ0v) is 12.2. The first-order valence-corrected chi connectivity index (χ1v) is 6.98. The smallest absolute Gasteiger partial charge is 0.340 e. The monoisotopic (exact) mass is 289 g/mol. The Labute approximate surface area is 123 Å². The third kappa shape index (κ3) is 3.81. The quantitative estimate of drug-likeness (QED) is 0.654. The van der Waals surface area contributed by atoms with Gasteiger partial charge in [0.1, 0.15) is 5.71 Å². The second-order valence-corrected chi connectivity index (χ2v) is 4.96. The molecule has 1 atom stereocenters. The summed E-state index contributed by atoms with van der Waals surface area (Å²) in [6, 6.07) is 6.92. The predicted octanol–water partition coefficient (Wildman–Crippen LogP) is 1.79. The molecule has 6 heteroatoms. The summed E-state index contributed by atoms with van der Waals surface area (Å²) in [5.41, 5.74) is 4.16. The number of benzene rings is 1. The molecule has 112 valence electrons. The second-order valence-electron chi connectivity index (χ2n) is 4.96. The molecule has 0 spiro atoms. The van der Waals surface area contributed by atoms with E-state index < -0.39 is 5.97 Å². The topological polar surface area (TPSA) is 79.8 Å². The minimum absolute atomic E-state index is 0.172. The van der Waals surface area contributed by atoms with Crippen molar-refractivity contribution in [1.82, 2.24) is 5.32 Å². The van der Waals surface area contributed by atoms with E-state index in [1.54, 1.807) is 31.2 Å². The average molecular weight is 289 g/mol. The predicted molar refractivity (Wildman–Crippen MR) is 80.2 cm³/mol. The summed E-state index contributed by atoms with van der Waals surface area (Å²) in [5.74, 6) is -0.236. The molecule has 1 saturated heterocycles. The summed E-state index contributed by atoms with van der Waals surface area (Å²) < 4.78 is 4.99. The number of hydrogen-bond acceptors (Lipinski definition) is 5. The van der Waals surface area contributed by atoms with Crippen molar-refractivity contribution < 1.29 is 14.3 Å². The molecule has 2 rings (SSSR count). The fraction of sp³-hybridized carbons (Fsp3) is 0.400. The molecule has 0 bridgehead atoms. The number of rotatable bonds is 4. The molecule has 0 radical (unpaired) electrons. The summed E-state index contributed by atoms with van der Waals surface area (Å²) in [6.45, 7) is 4.77. The van der Waals surface area contributed by atoms with Gasteiger partial charge in [-0.25, -0.2) is 4.79 Å². The van der Waals surface area contributed by atoms with Gasteiger partial charge in [-0.1, -0.05) is 19.1 Å². The molecule has 1 aromatic carbocycles. The van der Waals surface area contributed by atoms with E-state index >= 15 is 0 Å². The number of carbonyl (C=O) groups is 2. The molecule has 1 aromatic rings. The number of ether oxygens (including phenoxy) is 1. The van der Waals surface area contributed by atoms with Crippen LogP contribution in [-0.4, -0.2) is 30.7 Å². The Balaban J connectivity index is 2.16. The Kier molecular flexibility index (Phi) is 4.92. The second kappa shape index (κ2) is 6.88. The lowest BCUT2D eigenvalue weighted by atomic mass is 10.00. The van der Waals surface area contributed by atoms with Gasteiger partial charge in [-0.05, 0) is 25.0 Å². The molecule has 0 aromatic heterocycles. The maximum absolute atomic E-state index is 11.8. The lowest BCUT2D eigenvalue weighted by molar-refractivity contribution is -0.115. The van der Waals surface area contributed by atoms with Gasteiger partial charge in [-0.2, -0.15) is 5.10 Å². The number of carbonyl (C=O) groups excluding carboxylic acids is 2. The number of para-hydroxylation sites is 1. The standard InChI is InChI=1S/C15H19N3O3/c1-3-21-15(20)11-6-4-5-7-12(11)17-18-13-8-10(2)9-16-14(13)19/h4-7,10,17H,3,8-9H2,1-2H3,(H,16,19)/b18-13-. The Morgan fingerprint density at radius 2 is 2.24 bits per heavy atom. The van der Waals surface area contributed by atoms with Gasteiger partial charge >= 0.3 is 5.97 Å². The first kappa shape index (κ1) is 15.0. The van der Waals surface area contributed by atoms with Gasteiger partial charge in [0.15, 0.2) is 0 Å². The fourth-order valence-electron chi connectivity index (χ4n) is 2.06. The number of nitrogens with zero attached hydrogens (tertiary/aromatic N) is 1. The highest BCUT2D eigenvalue weighted by atomic mass is 16.5. The Morgan fingerprint density at radius 1 is 1.48 bits per heavy atom. The molecule has 1 unspecified atom stereocenters. The molecule has 1 fully saturated rings. The van der Waals surface area contributed by atoms with Crippen LogP contribution in [0.2, 0.25) is 0 Å². The Hall–Kier alpha value is -2.37. The molecule has 1 heterocycles. The van der Waals surface area contributed by atoms with E-state index in [4.69, 9.17) is 4.74 Å². The van der Waals surface area contributed by atoms with Crippen LogP contribution in [0.5, 0.6) is 0 Å². The van der Waals surface area contributed by atoms with Crippen LogP contribution in [0.3, 0.4) is 0 Å². The van der Waals surface area contributed by atoms with Gasteiger partial charge in [0, 0.05) is 13.0 Å². The highest BCUT2D eigenvalue weighted by molar-refractivity contribution is 6.39. The van der Waals surface area contributed by atoms with Crippen LogP contribution in [0.15, 0.2) is 29.4 Å². The highest BCUT2D eigenvalue weighted by Gasteiger charge is 2.21. The van der Waals surface area contributed by atoms with Gasteiger partial charge < -0.3 is 10.1 Å². The van der Waals surface area contributed by atoms with Gasteiger partial charge in [0.25, 0.3) is 5.91 Å². The molecular formula is C15H19N3O3. The van der Waals surface area contributed by atoms with Crippen LogP contribution >= 0.6 is 0 Å². The van der Waals surface area contributed by atoms with Crippen molar-refractivity contribution in [2.45, 2.75) is 20.3 Å². The van der Waals surface area contributed by atoms with Crippen molar-refractivity contribution in [3.8, 4) is 0 Å². The van der Waals surface area contributed by atoms with E-state index in [9.17, 15) is 9.59 Å². The Bertz CT molecular complexity index is 569. The van der Waals surface area contributed by atoms with E-state index in [-0.39, 0.29) is 5.91 Å².